The first-order chi connectivity index (χ1) is 17.0. The molecule has 0 bridgehead atoms. The molecule has 6 heteroatoms. The van der Waals surface area contributed by atoms with Crippen molar-refractivity contribution < 1.29 is 14.0 Å². The molecular formula is C29H35N3O3. The molecule has 5 rings (SSSR count). The van der Waals surface area contributed by atoms with Crippen LogP contribution in [0.1, 0.15) is 73.5 Å². The van der Waals surface area contributed by atoms with Gasteiger partial charge in [0.25, 0.3) is 5.91 Å². The summed E-state index contributed by atoms with van der Waals surface area (Å²) in [5.41, 5.74) is 2.53. The second-order valence-corrected chi connectivity index (χ2v) is 10.3. The average Bonchev–Trinajstić information content (AvgIpc) is 3.49. The van der Waals surface area contributed by atoms with Gasteiger partial charge in [-0.2, -0.15) is 0 Å². The maximum absolute atomic E-state index is 14.0. The normalized spacial score (nSPS) is 21.3. The summed E-state index contributed by atoms with van der Waals surface area (Å²) in [5, 5.41) is 3.36. The molecule has 3 aromatic rings. The van der Waals surface area contributed by atoms with E-state index in [-0.39, 0.29) is 17.9 Å². The van der Waals surface area contributed by atoms with Crippen LogP contribution < -0.4 is 5.32 Å². The van der Waals surface area contributed by atoms with Gasteiger partial charge in [-0.3, -0.25) is 9.59 Å². The standard InChI is InChI=1S/C29H35N3O3/c1-21-11-8-9-12-22(21)19-32-27(33)25-17-16-24(26-15-10-18-35-26)31(25)20-29(32,2)28(34)30-23-13-6-4-3-5-7-14-23/h8-12,15-18,23H,3-7,13-14,19-20H2,1-2H3,(H,30,34)/t29-/m0/s1. The average molecular weight is 474 g/mol. The maximum atomic E-state index is 14.0. The Morgan fingerprint density at radius 1 is 1.00 bits per heavy atom. The van der Waals surface area contributed by atoms with E-state index in [0.29, 0.717) is 24.5 Å². The van der Waals surface area contributed by atoms with Crippen LogP contribution in [-0.2, 0) is 17.9 Å². The first kappa shape index (κ1) is 23.5. The summed E-state index contributed by atoms with van der Waals surface area (Å²) in [5.74, 6) is 0.488. The highest BCUT2D eigenvalue weighted by atomic mass is 16.3. The molecule has 1 atom stereocenters. The highest BCUT2D eigenvalue weighted by Gasteiger charge is 2.48. The van der Waals surface area contributed by atoms with Crippen LogP contribution in [0, 0.1) is 6.92 Å². The van der Waals surface area contributed by atoms with E-state index in [9.17, 15) is 9.59 Å². The number of aryl methyl sites for hydroxylation is 1. The molecule has 1 fully saturated rings. The second-order valence-electron chi connectivity index (χ2n) is 10.3. The number of rotatable bonds is 5. The van der Waals surface area contributed by atoms with Gasteiger partial charge in [-0.25, -0.2) is 0 Å². The Bertz CT molecular complexity index is 1190. The summed E-state index contributed by atoms with van der Waals surface area (Å²) in [4.78, 5) is 29.7. The monoisotopic (exact) mass is 473 g/mol. The molecule has 184 valence electrons. The zero-order chi connectivity index (χ0) is 24.4. The number of amides is 2. The molecule has 3 heterocycles. The third-order valence-corrected chi connectivity index (χ3v) is 7.80. The van der Waals surface area contributed by atoms with Gasteiger partial charge in [0.05, 0.1) is 18.5 Å². The van der Waals surface area contributed by atoms with E-state index < -0.39 is 5.54 Å². The molecule has 1 aliphatic carbocycles. The number of nitrogens with zero attached hydrogens (tertiary/aromatic N) is 2. The van der Waals surface area contributed by atoms with Crippen molar-refractivity contribution in [3.05, 3.63) is 71.6 Å². The topological polar surface area (TPSA) is 67.5 Å². The van der Waals surface area contributed by atoms with Gasteiger partial charge in [-0.05, 0) is 62.1 Å². The first-order valence-electron chi connectivity index (χ1n) is 12.9. The summed E-state index contributed by atoms with van der Waals surface area (Å²) in [6, 6.07) is 15.7. The highest BCUT2D eigenvalue weighted by molar-refractivity contribution is 6.00. The first-order valence-corrected chi connectivity index (χ1v) is 12.9. The smallest absolute Gasteiger partial charge is 0.271 e. The van der Waals surface area contributed by atoms with Crippen molar-refractivity contribution in [3.63, 3.8) is 0 Å². The zero-order valence-electron chi connectivity index (χ0n) is 20.8. The maximum Gasteiger partial charge on any atom is 0.271 e. The fraction of sp³-hybridized carbons (Fsp3) is 0.448. The van der Waals surface area contributed by atoms with E-state index in [1.165, 1.54) is 19.3 Å². The Labute approximate surface area is 207 Å². The fourth-order valence-corrected chi connectivity index (χ4v) is 5.56. The summed E-state index contributed by atoms with van der Waals surface area (Å²) >= 11 is 0. The lowest BCUT2D eigenvalue weighted by atomic mass is 9.91. The molecule has 1 saturated carbocycles. The van der Waals surface area contributed by atoms with E-state index in [0.717, 1.165) is 42.5 Å². The van der Waals surface area contributed by atoms with Gasteiger partial charge in [0.15, 0.2) is 0 Å². The van der Waals surface area contributed by atoms with E-state index in [2.05, 4.69) is 5.32 Å². The third kappa shape index (κ3) is 4.54. The van der Waals surface area contributed by atoms with Gasteiger partial charge in [-0.15, -0.1) is 0 Å². The predicted octanol–water partition coefficient (Wildman–Crippen LogP) is 5.70. The number of carbonyl (C=O) groups is 2. The molecular weight excluding hydrogens is 438 g/mol. The largest absolute Gasteiger partial charge is 0.463 e. The predicted molar refractivity (Wildman–Crippen MR) is 136 cm³/mol. The van der Waals surface area contributed by atoms with Crippen molar-refractivity contribution in [2.75, 3.05) is 0 Å². The summed E-state index contributed by atoms with van der Waals surface area (Å²) in [6.07, 6.45) is 9.63. The number of furan rings is 1. The van der Waals surface area contributed by atoms with E-state index in [4.69, 9.17) is 4.42 Å². The van der Waals surface area contributed by atoms with Crippen LogP contribution in [0.3, 0.4) is 0 Å². The molecule has 35 heavy (non-hydrogen) atoms. The second kappa shape index (κ2) is 9.76. The van der Waals surface area contributed by atoms with Gasteiger partial charge in [0, 0.05) is 12.6 Å². The molecule has 1 N–H and O–H groups in total. The minimum Gasteiger partial charge on any atom is -0.463 e. The molecule has 2 aromatic heterocycles. The van der Waals surface area contributed by atoms with E-state index in [1.807, 2.05) is 66.9 Å². The molecule has 2 aliphatic rings. The molecule has 0 spiro atoms. The zero-order valence-corrected chi connectivity index (χ0v) is 20.8. The van der Waals surface area contributed by atoms with E-state index >= 15 is 0 Å². The van der Waals surface area contributed by atoms with Gasteiger partial charge in [-0.1, -0.05) is 56.4 Å². The van der Waals surface area contributed by atoms with Crippen molar-refractivity contribution in [3.8, 4) is 11.5 Å². The van der Waals surface area contributed by atoms with Crippen LogP contribution in [0.15, 0.2) is 59.2 Å². The molecule has 0 saturated heterocycles. The quantitative estimate of drug-likeness (QED) is 0.517. The number of nitrogens with one attached hydrogen (secondary N) is 1. The fourth-order valence-electron chi connectivity index (χ4n) is 5.56. The lowest BCUT2D eigenvalue weighted by molar-refractivity contribution is -0.134. The van der Waals surface area contributed by atoms with Crippen molar-refractivity contribution in [1.82, 2.24) is 14.8 Å². The molecule has 1 aromatic carbocycles. The Balaban J connectivity index is 1.51. The summed E-state index contributed by atoms with van der Waals surface area (Å²) < 4.78 is 7.60. The van der Waals surface area contributed by atoms with Crippen molar-refractivity contribution in [2.24, 2.45) is 0 Å². The molecule has 2 amide bonds. The Hall–Kier alpha value is -3.28. The Morgan fingerprint density at radius 2 is 1.71 bits per heavy atom. The van der Waals surface area contributed by atoms with Crippen LogP contribution >= 0.6 is 0 Å². The van der Waals surface area contributed by atoms with Crippen LogP contribution in [0.4, 0.5) is 0 Å². The molecule has 0 radical (unpaired) electrons. The number of hydrogen-bond donors (Lipinski definition) is 1. The lowest BCUT2D eigenvalue weighted by Crippen LogP contribution is -2.64. The van der Waals surface area contributed by atoms with Gasteiger partial charge < -0.3 is 19.2 Å². The highest BCUT2D eigenvalue weighted by Crippen LogP contribution is 2.35. The van der Waals surface area contributed by atoms with Gasteiger partial charge >= 0.3 is 0 Å². The summed E-state index contributed by atoms with van der Waals surface area (Å²) in [7, 11) is 0. The van der Waals surface area contributed by atoms with Crippen LogP contribution in [0.5, 0.6) is 0 Å². The minimum atomic E-state index is -1.03. The van der Waals surface area contributed by atoms with Crippen LogP contribution in [-0.4, -0.2) is 32.9 Å². The molecule has 1 aliphatic heterocycles. The third-order valence-electron chi connectivity index (χ3n) is 7.80. The van der Waals surface area contributed by atoms with Crippen molar-refractivity contribution >= 4 is 11.8 Å². The Morgan fingerprint density at radius 3 is 2.43 bits per heavy atom. The number of fused-ring (bicyclic) bond motifs is 1. The van der Waals surface area contributed by atoms with Crippen LogP contribution in [0.2, 0.25) is 0 Å². The molecule has 6 nitrogen and oxygen atoms in total. The SMILES string of the molecule is Cc1ccccc1CN1C(=O)c2ccc(-c3ccco3)n2C[C@@]1(C)C(=O)NC1CCCCCCC1. The lowest BCUT2D eigenvalue weighted by Gasteiger charge is -2.45. The van der Waals surface area contributed by atoms with Crippen LogP contribution in [0.25, 0.3) is 11.5 Å². The summed E-state index contributed by atoms with van der Waals surface area (Å²) in [6.45, 7) is 4.73. The van der Waals surface area contributed by atoms with Crippen molar-refractivity contribution in [2.45, 2.75) is 83.5 Å². The van der Waals surface area contributed by atoms with Gasteiger partial charge in [0.1, 0.15) is 17.0 Å². The number of aromatic nitrogens is 1. The van der Waals surface area contributed by atoms with Crippen molar-refractivity contribution in [1.29, 1.82) is 0 Å². The number of hydrogen-bond acceptors (Lipinski definition) is 3. The number of benzene rings is 1. The number of carbonyl (C=O) groups excluding carboxylic acids is 2. The minimum absolute atomic E-state index is 0.0743. The van der Waals surface area contributed by atoms with Gasteiger partial charge in [0.2, 0.25) is 5.91 Å². The Kier molecular flexibility index (Phi) is 6.54. The molecule has 0 unspecified atom stereocenters. The van der Waals surface area contributed by atoms with E-state index in [1.54, 1.807) is 11.2 Å².